The molecule has 0 heterocycles. The van der Waals surface area contributed by atoms with Crippen molar-refractivity contribution in [1.29, 1.82) is 0 Å². The fourth-order valence-corrected chi connectivity index (χ4v) is 1.68. The van der Waals surface area contributed by atoms with Crippen LogP contribution in [0.1, 0.15) is 25.5 Å². The van der Waals surface area contributed by atoms with Crippen LogP contribution in [0.4, 0.5) is 8.78 Å². The standard InChI is InChI=1S/C13H17F2NO3/c1-8(16-9(2)12(17)18-3)10-5-4-6-11(7-10)19-13(14)15/h4-9,13,16H,1-3H3. The fourth-order valence-electron chi connectivity index (χ4n) is 1.68. The summed E-state index contributed by atoms with van der Waals surface area (Å²) in [6.45, 7) is 0.635. The third kappa shape index (κ3) is 4.82. The zero-order chi connectivity index (χ0) is 14.4. The first kappa shape index (κ1) is 15.4. The van der Waals surface area contributed by atoms with E-state index in [9.17, 15) is 13.6 Å². The molecule has 0 spiro atoms. The summed E-state index contributed by atoms with van der Waals surface area (Å²) in [6, 6.07) is 5.66. The molecule has 4 nitrogen and oxygen atoms in total. The Hall–Kier alpha value is -1.69. The number of rotatable bonds is 6. The van der Waals surface area contributed by atoms with Crippen LogP contribution in [0, 0.1) is 0 Å². The maximum Gasteiger partial charge on any atom is 0.387 e. The number of methoxy groups -OCH3 is 1. The molecule has 19 heavy (non-hydrogen) atoms. The number of hydrogen-bond donors (Lipinski definition) is 1. The maximum absolute atomic E-state index is 12.1. The van der Waals surface area contributed by atoms with Gasteiger partial charge >= 0.3 is 12.6 Å². The van der Waals surface area contributed by atoms with Crippen molar-refractivity contribution in [3.05, 3.63) is 29.8 Å². The molecule has 0 aromatic heterocycles. The van der Waals surface area contributed by atoms with Crippen molar-refractivity contribution in [2.75, 3.05) is 7.11 Å². The first-order valence-corrected chi connectivity index (χ1v) is 5.82. The zero-order valence-corrected chi connectivity index (χ0v) is 11.0. The number of alkyl halides is 2. The molecular formula is C13H17F2NO3. The summed E-state index contributed by atoms with van der Waals surface area (Å²) in [5, 5.41) is 3.01. The normalized spacial score (nSPS) is 14.0. The van der Waals surface area contributed by atoms with Crippen molar-refractivity contribution in [1.82, 2.24) is 5.32 Å². The van der Waals surface area contributed by atoms with Gasteiger partial charge < -0.3 is 9.47 Å². The van der Waals surface area contributed by atoms with E-state index in [-0.39, 0.29) is 17.8 Å². The summed E-state index contributed by atoms with van der Waals surface area (Å²) in [6.07, 6.45) is 0. The largest absolute Gasteiger partial charge is 0.468 e. The van der Waals surface area contributed by atoms with Gasteiger partial charge in [0.25, 0.3) is 0 Å². The van der Waals surface area contributed by atoms with Crippen molar-refractivity contribution in [3.8, 4) is 5.75 Å². The van der Waals surface area contributed by atoms with E-state index in [2.05, 4.69) is 14.8 Å². The highest BCUT2D eigenvalue weighted by molar-refractivity contribution is 5.75. The van der Waals surface area contributed by atoms with Gasteiger partial charge in [-0.15, -0.1) is 0 Å². The van der Waals surface area contributed by atoms with Crippen LogP contribution in [0.15, 0.2) is 24.3 Å². The number of benzene rings is 1. The van der Waals surface area contributed by atoms with Crippen LogP contribution < -0.4 is 10.1 Å². The van der Waals surface area contributed by atoms with E-state index in [0.717, 1.165) is 5.56 Å². The first-order chi connectivity index (χ1) is 8.93. The molecule has 0 radical (unpaired) electrons. The van der Waals surface area contributed by atoms with E-state index >= 15 is 0 Å². The van der Waals surface area contributed by atoms with Gasteiger partial charge in [-0.2, -0.15) is 8.78 Å². The lowest BCUT2D eigenvalue weighted by Crippen LogP contribution is -2.36. The minimum absolute atomic E-state index is 0.0897. The molecule has 1 rings (SSSR count). The second kappa shape index (κ2) is 7.04. The molecule has 1 N–H and O–H groups in total. The van der Waals surface area contributed by atoms with Gasteiger partial charge in [0.1, 0.15) is 11.8 Å². The van der Waals surface area contributed by atoms with E-state index in [0.29, 0.717) is 0 Å². The molecule has 2 atom stereocenters. The lowest BCUT2D eigenvalue weighted by Gasteiger charge is -2.19. The molecule has 0 saturated heterocycles. The first-order valence-electron chi connectivity index (χ1n) is 5.82. The lowest BCUT2D eigenvalue weighted by molar-refractivity contribution is -0.142. The van der Waals surface area contributed by atoms with Gasteiger partial charge in [-0.05, 0) is 31.5 Å². The number of halogens is 2. The van der Waals surface area contributed by atoms with Crippen molar-refractivity contribution in [2.45, 2.75) is 32.5 Å². The van der Waals surface area contributed by atoms with Gasteiger partial charge in [0.05, 0.1) is 7.11 Å². The highest BCUT2D eigenvalue weighted by Gasteiger charge is 2.17. The number of hydrogen-bond acceptors (Lipinski definition) is 4. The van der Waals surface area contributed by atoms with Crippen LogP contribution in [0.3, 0.4) is 0 Å². The Morgan fingerprint density at radius 1 is 1.32 bits per heavy atom. The van der Waals surface area contributed by atoms with Crippen LogP contribution >= 0.6 is 0 Å². The molecule has 0 fully saturated rings. The highest BCUT2D eigenvalue weighted by Crippen LogP contribution is 2.21. The second-order valence-electron chi connectivity index (χ2n) is 4.08. The summed E-state index contributed by atoms with van der Waals surface area (Å²) in [5.41, 5.74) is 0.744. The van der Waals surface area contributed by atoms with Crippen LogP contribution in [-0.4, -0.2) is 25.7 Å². The lowest BCUT2D eigenvalue weighted by atomic mass is 10.1. The van der Waals surface area contributed by atoms with E-state index in [1.54, 1.807) is 19.1 Å². The molecule has 0 bridgehead atoms. The van der Waals surface area contributed by atoms with Gasteiger partial charge in [-0.25, -0.2) is 0 Å². The zero-order valence-electron chi connectivity index (χ0n) is 11.0. The predicted octanol–water partition coefficient (Wildman–Crippen LogP) is 2.50. The minimum Gasteiger partial charge on any atom is -0.468 e. The highest BCUT2D eigenvalue weighted by atomic mass is 19.3. The smallest absolute Gasteiger partial charge is 0.387 e. The molecular weight excluding hydrogens is 256 g/mol. The van der Waals surface area contributed by atoms with E-state index < -0.39 is 12.7 Å². The van der Waals surface area contributed by atoms with Gasteiger partial charge in [0, 0.05) is 6.04 Å². The summed E-state index contributed by atoms with van der Waals surface area (Å²) < 4.78 is 33.2. The Morgan fingerprint density at radius 2 is 2.00 bits per heavy atom. The van der Waals surface area contributed by atoms with Crippen LogP contribution in [0.2, 0.25) is 0 Å². The SMILES string of the molecule is COC(=O)C(C)NC(C)c1cccc(OC(F)F)c1. The fraction of sp³-hybridized carbons (Fsp3) is 0.462. The molecule has 2 unspecified atom stereocenters. The molecule has 0 aliphatic carbocycles. The van der Waals surface area contributed by atoms with Gasteiger partial charge in [-0.3, -0.25) is 10.1 Å². The van der Waals surface area contributed by atoms with Gasteiger partial charge in [0.15, 0.2) is 0 Å². The average molecular weight is 273 g/mol. The summed E-state index contributed by atoms with van der Waals surface area (Å²) in [4.78, 5) is 11.3. The van der Waals surface area contributed by atoms with Crippen molar-refractivity contribution >= 4 is 5.97 Å². The molecule has 106 valence electrons. The Bertz CT molecular complexity index is 426. The Labute approximate surface area is 110 Å². The average Bonchev–Trinajstić information content (AvgIpc) is 2.37. The molecule has 0 aliphatic rings. The van der Waals surface area contributed by atoms with Crippen LogP contribution in [-0.2, 0) is 9.53 Å². The van der Waals surface area contributed by atoms with Crippen molar-refractivity contribution in [2.24, 2.45) is 0 Å². The Balaban J connectivity index is 2.71. The Kier molecular flexibility index (Phi) is 5.69. The third-order valence-corrected chi connectivity index (χ3v) is 2.64. The number of carbonyl (C=O) groups excluding carboxylic acids is 1. The Morgan fingerprint density at radius 3 is 2.58 bits per heavy atom. The van der Waals surface area contributed by atoms with Gasteiger partial charge in [-0.1, -0.05) is 12.1 Å². The van der Waals surface area contributed by atoms with Gasteiger partial charge in [0.2, 0.25) is 0 Å². The minimum atomic E-state index is -2.85. The maximum atomic E-state index is 12.1. The van der Waals surface area contributed by atoms with E-state index in [4.69, 9.17) is 0 Å². The topological polar surface area (TPSA) is 47.6 Å². The molecule has 1 aromatic carbocycles. The monoisotopic (exact) mass is 273 g/mol. The molecule has 0 aliphatic heterocycles. The van der Waals surface area contributed by atoms with E-state index in [1.165, 1.54) is 19.2 Å². The predicted molar refractivity (Wildman–Crippen MR) is 66.1 cm³/mol. The van der Waals surface area contributed by atoms with Crippen LogP contribution in [0.5, 0.6) is 5.75 Å². The van der Waals surface area contributed by atoms with Crippen molar-refractivity contribution < 1.29 is 23.0 Å². The summed E-state index contributed by atoms with van der Waals surface area (Å²) >= 11 is 0. The third-order valence-electron chi connectivity index (χ3n) is 2.64. The second-order valence-corrected chi connectivity index (χ2v) is 4.08. The van der Waals surface area contributed by atoms with E-state index in [1.807, 2.05) is 6.92 Å². The number of esters is 1. The quantitative estimate of drug-likeness (QED) is 0.809. The molecule has 1 aromatic rings. The van der Waals surface area contributed by atoms with Crippen LogP contribution in [0.25, 0.3) is 0 Å². The van der Waals surface area contributed by atoms with Crippen molar-refractivity contribution in [3.63, 3.8) is 0 Å². The summed E-state index contributed by atoms with van der Waals surface area (Å²) in [7, 11) is 1.31. The number of carbonyl (C=O) groups is 1. The summed E-state index contributed by atoms with van der Waals surface area (Å²) in [5.74, 6) is -0.293. The molecule has 6 heteroatoms. The number of ether oxygens (including phenoxy) is 2. The molecule has 0 amide bonds. The molecule has 0 saturated carbocycles. The number of nitrogens with one attached hydrogen (secondary N) is 1.